The molecule has 1 fully saturated rings. The molecule has 1 rings (SSSR count). The van der Waals surface area contributed by atoms with Crippen LogP contribution in [0.2, 0.25) is 0 Å². The molecule has 0 saturated heterocycles. The van der Waals surface area contributed by atoms with Crippen molar-refractivity contribution in [2.75, 3.05) is 11.5 Å². The largest absolute Gasteiger partial charge is 0.162 e. The van der Waals surface area contributed by atoms with E-state index in [1.165, 1.54) is 114 Å². The van der Waals surface area contributed by atoms with Crippen LogP contribution >= 0.6 is 11.8 Å². The molecule has 0 aromatic rings. The first-order chi connectivity index (χ1) is 10.4. The Morgan fingerprint density at radius 1 is 0.619 bits per heavy atom. The molecule has 21 heavy (non-hydrogen) atoms. The van der Waals surface area contributed by atoms with E-state index < -0.39 is 0 Å². The fourth-order valence-corrected chi connectivity index (χ4v) is 3.96. The second-order valence-electron chi connectivity index (χ2n) is 7.09. The summed E-state index contributed by atoms with van der Waals surface area (Å²) in [6.07, 6.45) is 23.8. The van der Waals surface area contributed by atoms with Crippen LogP contribution < -0.4 is 0 Å². The summed E-state index contributed by atoms with van der Waals surface area (Å²) in [6.45, 7) is 2.28. The minimum Gasteiger partial charge on any atom is -0.162 e. The van der Waals surface area contributed by atoms with Crippen LogP contribution in [0.1, 0.15) is 110 Å². The molecule has 0 spiro atoms. The van der Waals surface area contributed by atoms with Gasteiger partial charge in [0.1, 0.15) is 0 Å². The highest BCUT2D eigenvalue weighted by atomic mass is 32.2. The van der Waals surface area contributed by atoms with Gasteiger partial charge in [-0.1, -0.05) is 96.8 Å². The summed E-state index contributed by atoms with van der Waals surface area (Å²) < 4.78 is 0. The zero-order valence-electron chi connectivity index (χ0n) is 14.7. The van der Waals surface area contributed by atoms with Crippen molar-refractivity contribution in [3.63, 3.8) is 0 Å². The summed E-state index contributed by atoms with van der Waals surface area (Å²) in [5, 5.41) is 0. The molecule has 0 amide bonds. The fourth-order valence-electron chi connectivity index (χ4n) is 3.06. The quantitative estimate of drug-likeness (QED) is 0.249. The summed E-state index contributed by atoms with van der Waals surface area (Å²) in [7, 11) is 0. The van der Waals surface area contributed by atoms with Crippen molar-refractivity contribution in [1.29, 1.82) is 0 Å². The maximum atomic E-state index is 2.28. The normalized spacial score (nSPS) is 14.7. The molecule has 1 aliphatic rings. The van der Waals surface area contributed by atoms with Gasteiger partial charge in [0, 0.05) is 0 Å². The molecular weight excluding hydrogens is 272 g/mol. The lowest BCUT2D eigenvalue weighted by atomic mass is 10.0. The molecule has 1 heteroatoms. The highest BCUT2D eigenvalue weighted by molar-refractivity contribution is 7.99. The topological polar surface area (TPSA) is 0 Å². The van der Waals surface area contributed by atoms with E-state index in [0.717, 1.165) is 5.92 Å². The van der Waals surface area contributed by atoms with E-state index in [0.29, 0.717) is 0 Å². The van der Waals surface area contributed by atoms with E-state index in [9.17, 15) is 0 Å². The number of thioether (sulfide) groups is 1. The van der Waals surface area contributed by atoms with E-state index in [4.69, 9.17) is 0 Å². The van der Waals surface area contributed by atoms with Gasteiger partial charge in [-0.15, -0.1) is 0 Å². The first-order valence-corrected chi connectivity index (χ1v) is 11.2. The van der Waals surface area contributed by atoms with Gasteiger partial charge >= 0.3 is 0 Å². The third-order valence-electron chi connectivity index (χ3n) is 4.70. The van der Waals surface area contributed by atoms with Gasteiger partial charge in [-0.2, -0.15) is 11.8 Å². The average molecular weight is 313 g/mol. The molecule has 0 nitrogen and oxygen atoms in total. The van der Waals surface area contributed by atoms with Gasteiger partial charge < -0.3 is 0 Å². The van der Waals surface area contributed by atoms with Gasteiger partial charge in [0.2, 0.25) is 0 Å². The van der Waals surface area contributed by atoms with Crippen LogP contribution in [0.15, 0.2) is 0 Å². The molecule has 0 bridgehead atoms. The predicted octanol–water partition coefficient (Wildman–Crippen LogP) is 7.61. The summed E-state index contributed by atoms with van der Waals surface area (Å²) in [4.78, 5) is 0. The number of unbranched alkanes of at least 4 members (excludes halogenated alkanes) is 11. The number of hydrogen-bond donors (Lipinski definition) is 0. The Labute approximate surface area is 139 Å². The molecule has 0 atom stereocenters. The van der Waals surface area contributed by atoms with Crippen molar-refractivity contribution in [3.8, 4) is 0 Å². The third kappa shape index (κ3) is 15.0. The van der Waals surface area contributed by atoms with E-state index >= 15 is 0 Å². The van der Waals surface area contributed by atoms with Crippen molar-refractivity contribution in [2.45, 2.75) is 110 Å². The lowest BCUT2D eigenvalue weighted by molar-refractivity contribution is 0.533. The minimum atomic E-state index is 1.15. The monoisotopic (exact) mass is 312 g/mol. The molecule has 0 heterocycles. The molecule has 0 aromatic heterocycles. The maximum Gasteiger partial charge on any atom is -0.00675 e. The first kappa shape index (κ1) is 19.4. The highest BCUT2D eigenvalue weighted by Gasteiger charge is 2.19. The number of rotatable bonds is 17. The molecule has 0 N–H and O–H groups in total. The lowest BCUT2D eigenvalue weighted by Crippen LogP contribution is -1.85. The average Bonchev–Trinajstić information content (AvgIpc) is 3.31. The molecule has 126 valence electrons. The third-order valence-corrected chi connectivity index (χ3v) is 5.97. The van der Waals surface area contributed by atoms with Crippen molar-refractivity contribution in [3.05, 3.63) is 0 Å². The Morgan fingerprint density at radius 2 is 1.10 bits per heavy atom. The standard InChI is InChI=1S/C20H40S/c1-2-18-21-19-14-12-10-8-6-4-3-5-7-9-11-13-15-20-16-17-20/h20H,2-19H2,1H3. The lowest BCUT2D eigenvalue weighted by Gasteiger charge is -2.03. The second-order valence-corrected chi connectivity index (χ2v) is 8.31. The Bertz CT molecular complexity index is 198. The molecule has 0 aromatic carbocycles. The van der Waals surface area contributed by atoms with Crippen molar-refractivity contribution in [1.82, 2.24) is 0 Å². The van der Waals surface area contributed by atoms with E-state index in [-0.39, 0.29) is 0 Å². The Kier molecular flexibility index (Phi) is 14.1. The fraction of sp³-hybridized carbons (Fsp3) is 1.00. The SMILES string of the molecule is CCCSCCCCCCCCCCCCCCC1CC1. The minimum absolute atomic E-state index is 1.15. The Balaban J connectivity index is 1.59. The zero-order valence-corrected chi connectivity index (χ0v) is 15.5. The van der Waals surface area contributed by atoms with Crippen LogP contribution in [-0.4, -0.2) is 11.5 Å². The van der Waals surface area contributed by atoms with E-state index in [1.807, 2.05) is 0 Å². The summed E-state index contributed by atoms with van der Waals surface area (Å²) in [6, 6.07) is 0. The van der Waals surface area contributed by atoms with E-state index in [1.54, 1.807) is 0 Å². The van der Waals surface area contributed by atoms with Crippen molar-refractivity contribution < 1.29 is 0 Å². The van der Waals surface area contributed by atoms with Crippen LogP contribution in [0.5, 0.6) is 0 Å². The van der Waals surface area contributed by atoms with Crippen LogP contribution in [0.25, 0.3) is 0 Å². The molecular formula is C20H40S. The predicted molar refractivity (Wildman–Crippen MR) is 100 cm³/mol. The van der Waals surface area contributed by atoms with E-state index in [2.05, 4.69) is 18.7 Å². The Morgan fingerprint density at radius 3 is 1.57 bits per heavy atom. The summed E-state index contributed by atoms with van der Waals surface area (Å²) >= 11 is 2.14. The van der Waals surface area contributed by atoms with Gasteiger partial charge in [0.15, 0.2) is 0 Å². The second kappa shape index (κ2) is 15.3. The number of hydrogen-bond acceptors (Lipinski definition) is 1. The Hall–Kier alpha value is 0.350. The van der Waals surface area contributed by atoms with Crippen LogP contribution in [-0.2, 0) is 0 Å². The summed E-state index contributed by atoms with van der Waals surface area (Å²) in [5.74, 6) is 3.91. The van der Waals surface area contributed by atoms with Crippen LogP contribution in [0.4, 0.5) is 0 Å². The van der Waals surface area contributed by atoms with Crippen LogP contribution in [0.3, 0.4) is 0 Å². The van der Waals surface area contributed by atoms with Crippen LogP contribution in [0, 0.1) is 5.92 Å². The highest BCUT2D eigenvalue weighted by Crippen LogP contribution is 2.34. The van der Waals surface area contributed by atoms with Gasteiger partial charge in [0.05, 0.1) is 0 Å². The van der Waals surface area contributed by atoms with Gasteiger partial charge in [0.25, 0.3) is 0 Å². The molecule has 1 saturated carbocycles. The maximum absolute atomic E-state index is 2.28. The molecule has 1 aliphatic carbocycles. The molecule has 0 unspecified atom stereocenters. The zero-order chi connectivity index (χ0) is 15.0. The first-order valence-electron chi connectivity index (χ1n) is 10.0. The van der Waals surface area contributed by atoms with Gasteiger partial charge in [-0.25, -0.2) is 0 Å². The van der Waals surface area contributed by atoms with Gasteiger partial charge in [-0.3, -0.25) is 0 Å². The summed E-state index contributed by atoms with van der Waals surface area (Å²) in [5.41, 5.74) is 0. The molecule has 0 aliphatic heterocycles. The van der Waals surface area contributed by atoms with Gasteiger partial charge in [-0.05, 0) is 30.3 Å². The molecule has 0 radical (unpaired) electrons. The van der Waals surface area contributed by atoms with Crippen molar-refractivity contribution in [2.24, 2.45) is 5.92 Å². The van der Waals surface area contributed by atoms with Crippen molar-refractivity contribution >= 4 is 11.8 Å². The smallest absolute Gasteiger partial charge is 0.00675 e.